The minimum Gasteiger partial charge on any atom is -0.303 e. The summed E-state index contributed by atoms with van der Waals surface area (Å²) in [5.41, 5.74) is 0. The van der Waals surface area contributed by atoms with Gasteiger partial charge in [-0.25, -0.2) is 0 Å². The number of nitrogens with zero attached hydrogens (tertiary/aromatic N) is 1. The molecule has 13 heavy (non-hydrogen) atoms. The molecule has 1 fully saturated rings. The third kappa shape index (κ3) is 4.12. The Morgan fingerprint density at radius 1 is 1.08 bits per heavy atom. The molecule has 0 aromatic carbocycles. The van der Waals surface area contributed by atoms with Crippen molar-refractivity contribution in [1.29, 1.82) is 0 Å². The Morgan fingerprint density at radius 2 is 1.77 bits per heavy atom. The van der Waals surface area contributed by atoms with Crippen molar-refractivity contribution in [2.75, 3.05) is 13.6 Å². The van der Waals surface area contributed by atoms with Gasteiger partial charge in [0.2, 0.25) is 0 Å². The molecule has 0 radical (unpaired) electrons. The molecule has 0 aliphatic heterocycles. The van der Waals surface area contributed by atoms with E-state index in [1.165, 1.54) is 57.9 Å². The van der Waals surface area contributed by atoms with Crippen molar-refractivity contribution in [3.05, 3.63) is 0 Å². The molecule has 0 bridgehead atoms. The van der Waals surface area contributed by atoms with Gasteiger partial charge in [-0.15, -0.1) is 0 Å². The Labute approximate surface area is 83.5 Å². The second-order valence-electron chi connectivity index (χ2n) is 4.48. The highest BCUT2D eigenvalue weighted by atomic mass is 15.1. The SMILES string of the molecule is CCCCCCN(C)C1CCCC1. The fourth-order valence-electron chi connectivity index (χ4n) is 2.32. The molecule has 1 aliphatic rings. The summed E-state index contributed by atoms with van der Waals surface area (Å²) in [4.78, 5) is 2.59. The van der Waals surface area contributed by atoms with Crippen LogP contribution in [0.2, 0.25) is 0 Å². The van der Waals surface area contributed by atoms with Gasteiger partial charge in [0.05, 0.1) is 0 Å². The fourth-order valence-corrected chi connectivity index (χ4v) is 2.32. The first-order chi connectivity index (χ1) is 6.34. The van der Waals surface area contributed by atoms with Crippen molar-refractivity contribution in [2.24, 2.45) is 0 Å². The first-order valence-corrected chi connectivity index (χ1v) is 6.05. The van der Waals surface area contributed by atoms with E-state index in [9.17, 15) is 0 Å². The van der Waals surface area contributed by atoms with Crippen molar-refractivity contribution >= 4 is 0 Å². The van der Waals surface area contributed by atoms with Crippen LogP contribution in [0.4, 0.5) is 0 Å². The number of hydrogen-bond acceptors (Lipinski definition) is 1. The summed E-state index contributed by atoms with van der Waals surface area (Å²) in [7, 11) is 2.31. The van der Waals surface area contributed by atoms with Crippen LogP contribution in [0.3, 0.4) is 0 Å². The summed E-state index contributed by atoms with van der Waals surface area (Å²) in [5, 5.41) is 0. The van der Waals surface area contributed by atoms with Gasteiger partial charge in [0.25, 0.3) is 0 Å². The molecular weight excluding hydrogens is 158 g/mol. The predicted octanol–water partition coefficient (Wildman–Crippen LogP) is 3.44. The van der Waals surface area contributed by atoms with Crippen LogP contribution in [-0.4, -0.2) is 24.5 Å². The molecule has 0 amide bonds. The summed E-state index contributed by atoms with van der Waals surface area (Å²) in [6.07, 6.45) is 11.4. The van der Waals surface area contributed by atoms with E-state index >= 15 is 0 Å². The smallest absolute Gasteiger partial charge is 0.00922 e. The molecule has 0 atom stereocenters. The second kappa shape index (κ2) is 6.42. The van der Waals surface area contributed by atoms with Crippen molar-refractivity contribution in [3.8, 4) is 0 Å². The van der Waals surface area contributed by atoms with E-state index in [-0.39, 0.29) is 0 Å². The zero-order chi connectivity index (χ0) is 9.52. The molecule has 0 spiro atoms. The minimum absolute atomic E-state index is 0.918. The third-order valence-electron chi connectivity index (χ3n) is 3.31. The molecule has 1 rings (SSSR count). The maximum absolute atomic E-state index is 2.59. The molecule has 1 aliphatic carbocycles. The van der Waals surface area contributed by atoms with E-state index in [1.807, 2.05) is 0 Å². The Morgan fingerprint density at radius 3 is 2.38 bits per heavy atom. The zero-order valence-electron chi connectivity index (χ0n) is 9.39. The Balaban J connectivity index is 1.99. The van der Waals surface area contributed by atoms with Gasteiger partial charge in [-0.3, -0.25) is 0 Å². The largest absolute Gasteiger partial charge is 0.303 e. The van der Waals surface area contributed by atoms with E-state index in [0.29, 0.717) is 0 Å². The van der Waals surface area contributed by atoms with Gasteiger partial charge in [-0.05, 0) is 32.9 Å². The van der Waals surface area contributed by atoms with Crippen LogP contribution in [0.5, 0.6) is 0 Å². The average molecular weight is 183 g/mol. The van der Waals surface area contributed by atoms with E-state index in [1.54, 1.807) is 0 Å². The Bertz CT molecular complexity index is 116. The second-order valence-corrected chi connectivity index (χ2v) is 4.48. The van der Waals surface area contributed by atoms with Gasteiger partial charge in [-0.2, -0.15) is 0 Å². The van der Waals surface area contributed by atoms with Gasteiger partial charge in [0, 0.05) is 6.04 Å². The summed E-state index contributed by atoms with van der Waals surface area (Å²) in [5.74, 6) is 0. The lowest BCUT2D eigenvalue weighted by Crippen LogP contribution is -2.29. The number of hydrogen-bond donors (Lipinski definition) is 0. The highest BCUT2D eigenvalue weighted by Crippen LogP contribution is 2.22. The van der Waals surface area contributed by atoms with E-state index in [0.717, 1.165) is 6.04 Å². The monoisotopic (exact) mass is 183 g/mol. The van der Waals surface area contributed by atoms with Gasteiger partial charge < -0.3 is 4.90 Å². The van der Waals surface area contributed by atoms with Gasteiger partial charge in [0.1, 0.15) is 0 Å². The maximum Gasteiger partial charge on any atom is 0.00922 e. The lowest BCUT2D eigenvalue weighted by molar-refractivity contribution is 0.240. The van der Waals surface area contributed by atoms with Crippen molar-refractivity contribution < 1.29 is 0 Å². The normalized spacial score (nSPS) is 18.7. The first kappa shape index (κ1) is 11.0. The highest BCUT2D eigenvalue weighted by molar-refractivity contribution is 4.74. The average Bonchev–Trinajstić information content (AvgIpc) is 2.65. The standard InChI is InChI=1S/C12H25N/c1-3-4-5-8-11-13(2)12-9-6-7-10-12/h12H,3-11H2,1-2H3. The maximum atomic E-state index is 2.59. The Kier molecular flexibility index (Phi) is 5.45. The lowest BCUT2D eigenvalue weighted by Gasteiger charge is -2.23. The van der Waals surface area contributed by atoms with Gasteiger partial charge in [-0.1, -0.05) is 39.0 Å². The van der Waals surface area contributed by atoms with Gasteiger partial charge in [0.15, 0.2) is 0 Å². The van der Waals surface area contributed by atoms with E-state index in [4.69, 9.17) is 0 Å². The quantitative estimate of drug-likeness (QED) is 0.570. The summed E-state index contributed by atoms with van der Waals surface area (Å²) in [6, 6.07) is 0.918. The molecule has 78 valence electrons. The van der Waals surface area contributed by atoms with Crippen molar-refractivity contribution in [2.45, 2.75) is 64.3 Å². The number of unbranched alkanes of at least 4 members (excludes halogenated alkanes) is 3. The van der Waals surface area contributed by atoms with Crippen molar-refractivity contribution in [3.63, 3.8) is 0 Å². The molecule has 0 heterocycles. The molecule has 1 nitrogen and oxygen atoms in total. The van der Waals surface area contributed by atoms with Gasteiger partial charge >= 0.3 is 0 Å². The molecular formula is C12H25N. The molecule has 1 saturated carbocycles. The highest BCUT2D eigenvalue weighted by Gasteiger charge is 2.18. The van der Waals surface area contributed by atoms with Crippen LogP contribution in [0.25, 0.3) is 0 Å². The first-order valence-electron chi connectivity index (χ1n) is 6.05. The lowest BCUT2D eigenvalue weighted by atomic mass is 10.1. The van der Waals surface area contributed by atoms with Crippen LogP contribution in [0.15, 0.2) is 0 Å². The fraction of sp³-hybridized carbons (Fsp3) is 1.00. The molecule has 0 unspecified atom stereocenters. The predicted molar refractivity (Wildman–Crippen MR) is 59.0 cm³/mol. The minimum atomic E-state index is 0.918. The third-order valence-corrected chi connectivity index (χ3v) is 3.31. The molecule has 1 heteroatoms. The molecule has 0 aromatic heterocycles. The van der Waals surface area contributed by atoms with Crippen LogP contribution < -0.4 is 0 Å². The van der Waals surface area contributed by atoms with Crippen molar-refractivity contribution in [1.82, 2.24) is 4.90 Å². The van der Waals surface area contributed by atoms with E-state index in [2.05, 4.69) is 18.9 Å². The summed E-state index contributed by atoms with van der Waals surface area (Å²) >= 11 is 0. The molecule has 0 aromatic rings. The summed E-state index contributed by atoms with van der Waals surface area (Å²) in [6.45, 7) is 3.60. The van der Waals surface area contributed by atoms with Crippen LogP contribution in [0.1, 0.15) is 58.3 Å². The van der Waals surface area contributed by atoms with E-state index < -0.39 is 0 Å². The van der Waals surface area contributed by atoms with Crippen LogP contribution >= 0.6 is 0 Å². The number of rotatable bonds is 6. The van der Waals surface area contributed by atoms with Crippen LogP contribution in [-0.2, 0) is 0 Å². The van der Waals surface area contributed by atoms with Crippen LogP contribution in [0, 0.1) is 0 Å². The molecule has 0 N–H and O–H groups in total. The molecule has 0 saturated heterocycles. The Hall–Kier alpha value is -0.0400. The summed E-state index contributed by atoms with van der Waals surface area (Å²) < 4.78 is 0. The zero-order valence-corrected chi connectivity index (χ0v) is 9.39. The topological polar surface area (TPSA) is 3.24 Å².